The topological polar surface area (TPSA) is 43.7 Å². The second-order valence-electron chi connectivity index (χ2n) is 7.40. The Morgan fingerprint density at radius 1 is 0.929 bits per heavy atom. The van der Waals surface area contributed by atoms with Gasteiger partial charge in [0.2, 0.25) is 0 Å². The Bertz CT molecular complexity index is 890. The van der Waals surface area contributed by atoms with Crippen LogP contribution in [0.15, 0.2) is 78.9 Å². The summed E-state index contributed by atoms with van der Waals surface area (Å²) >= 11 is 6.14. The van der Waals surface area contributed by atoms with E-state index in [4.69, 9.17) is 11.6 Å². The molecule has 28 heavy (non-hydrogen) atoms. The highest BCUT2D eigenvalue weighted by Crippen LogP contribution is 2.41. The van der Waals surface area contributed by atoms with Crippen LogP contribution >= 0.6 is 11.6 Å². The first-order chi connectivity index (χ1) is 13.6. The predicted molar refractivity (Wildman–Crippen MR) is 112 cm³/mol. The van der Waals surface area contributed by atoms with Crippen molar-refractivity contribution in [2.45, 2.75) is 31.0 Å². The minimum atomic E-state index is -1.13. The van der Waals surface area contributed by atoms with Crippen molar-refractivity contribution in [3.8, 4) is 5.75 Å². The fraction of sp³-hybridized carbons (Fsp3) is 0.250. The summed E-state index contributed by atoms with van der Waals surface area (Å²) in [5.41, 5.74) is 1.41. The third-order valence-corrected chi connectivity index (χ3v) is 5.92. The summed E-state index contributed by atoms with van der Waals surface area (Å²) in [6, 6.07) is 24.7. The van der Waals surface area contributed by atoms with Gasteiger partial charge in [-0.3, -0.25) is 4.90 Å². The van der Waals surface area contributed by atoms with Gasteiger partial charge in [-0.15, -0.1) is 0 Å². The van der Waals surface area contributed by atoms with Gasteiger partial charge in [0.1, 0.15) is 11.4 Å². The van der Waals surface area contributed by atoms with Crippen LogP contribution in [-0.4, -0.2) is 27.7 Å². The molecule has 1 fully saturated rings. The van der Waals surface area contributed by atoms with Crippen molar-refractivity contribution < 1.29 is 10.2 Å². The van der Waals surface area contributed by atoms with Gasteiger partial charge < -0.3 is 10.2 Å². The lowest BCUT2D eigenvalue weighted by atomic mass is 9.79. The summed E-state index contributed by atoms with van der Waals surface area (Å²) in [7, 11) is 0. The van der Waals surface area contributed by atoms with Crippen LogP contribution in [0.25, 0.3) is 0 Å². The van der Waals surface area contributed by atoms with Crippen LogP contribution in [0.5, 0.6) is 5.75 Å². The van der Waals surface area contributed by atoms with Crippen LogP contribution in [0.4, 0.5) is 0 Å². The van der Waals surface area contributed by atoms with Gasteiger partial charge in [0.25, 0.3) is 0 Å². The maximum atomic E-state index is 12.1. The largest absolute Gasteiger partial charge is 0.508 e. The fourth-order valence-electron chi connectivity index (χ4n) is 4.32. The average Bonchev–Trinajstić information content (AvgIpc) is 3.20. The second kappa shape index (κ2) is 7.96. The van der Waals surface area contributed by atoms with Gasteiger partial charge in [0, 0.05) is 23.2 Å². The highest BCUT2D eigenvalue weighted by Gasteiger charge is 2.45. The second-order valence-corrected chi connectivity index (χ2v) is 7.84. The molecule has 0 aromatic heterocycles. The molecule has 0 amide bonds. The van der Waals surface area contributed by atoms with E-state index in [1.54, 1.807) is 18.2 Å². The molecule has 1 aliphatic rings. The Hall–Kier alpha value is -2.33. The van der Waals surface area contributed by atoms with Crippen LogP contribution < -0.4 is 0 Å². The number of rotatable bonds is 5. The monoisotopic (exact) mass is 393 g/mol. The van der Waals surface area contributed by atoms with Crippen LogP contribution in [0.2, 0.25) is 5.02 Å². The molecule has 1 aliphatic heterocycles. The quantitative estimate of drug-likeness (QED) is 0.644. The lowest BCUT2D eigenvalue weighted by Gasteiger charge is -2.40. The summed E-state index contributed by atoms with van der Waals surface area (Å²) in [5.74, 6) is 0.234. The molecule has 0 unspecified atom stereocenters. The smallest absolute Gasteiger partial charge is 0.130 e. The fourth-order valence-corrected chi connectivity index (χ4v) is 4.52. The number of phenols is 1. The van der Waals surface area contributed by atoms with Crippen LogP contribution in [0.3, 0.4) is 0 Å². The molecule has 4 rings (SSSR count). The maximum Gasteiger partial charge on any atom is 0.130 e. The molecule has 1 heterocycles. The molecule has 0 spiro atoms. The highest BCUT2D eigenvalue weighted by molar-refractivity contribution is 6.30. The number of aromatic hydroxyl groups is 1. The van der Waals surface area contributed by atoms with E-state index in [-0.39, 0.29) is 11.8 Å². The third-order valence-electron chi connectivity index (χ3n) is 5.69. The molecule has 2 N–H and O–H groups in total. The molecule has 0 radical (unpaired) electrons. The lowest BCUT2D eigenvalue weighted by Crippen LogP contribution is -2.48. The molecule has 0 bridgehead atoms. The Balaban J connectivity index is 1.74. The summed E-state index contributed by atoms with van der Waals surface area (Å²) < 4.78 is 0. The zero-order valence-electron chi connectivity index (χ0n) is 15.6. The van der Waals surface area contributed by atoms with Crippen molar-refractivity contribution in [3.05, 3.63) is 101 Å². The number of nitrogens with zero attached hydrogens (tertiary/aromatic N) is 1. The molecule has 3 nitrogen and oxygen atoms in total. The summed E-state index contributed by atoms with van der Waals surface area (Å²) in [4.78, 5) is 2.26. The van der Waals surface area contributed by atoms with E-state index in [0.29, 0.717) is 11.6 Å². The third kappa shape index (κ3) is 3.53. The average molecular weight is 394 g/mol. The van der Waals surface area contributed by atoms with Gasteiger partial charge in [0.15, 0.2) is 0 Å². The Labute approximate surface area is 170 Å². The van der Waals surface area contributed by atoms with Gasteiger partial charge in [-0.2, -0.15) is 0 Å². The normalized spacial score (nSPS) is 17.7. The van der Waals surface area contributed by atoms with Crippen molar-refractivity contribution in [3.63, 3.8) is 0 Å². The number of benzene rings is 3. The molecular weight excluding hydrogens is 370 g/mol. The number of aliphatic hydroxyl groups is 1. The first kappa shape index (κ1) is 19.0. The van der Waals surface area contributed by atoms with E-state index in [9.17, 15) is 10.2 Å². The number of hydrogen-bond donors (Lipinski definition) is 2. The highest BCUT2D eigenvalue weighted by atomic mass is 35.5. The van der Waals surface area contributed by atoms with E-state index in [1.807, 2.05) is 60.7 Å². The summed E-state index contributed by atoms with van der Waals surface area (Å²) in [6.07, 6.45) is 1.87. The lowest BCUT2D eigenvalue weighted by molar-refractivity contribution is -0.00672. The van der Waals surface area contributed by atoms with Crippen molar-refractivity contribution >= 4 is 11.6 Å². The van der Waals surface area contributed by atoms with Gasteiger partial charge in [0.05, 0.1) is 0 Å². The van der Waals surface area contributed by atoms with Crippen LogP contribution in [0.1, 0.15) is 29.5 Å². The minimum Gasteiger partial charge on any atom is -0.508 e. The van der Waals surface area contributed by atoms with Crippen molar-refractivity contribution in [2.24, 2.45) is 0 Å². The Morgan fingerprint density at radius 2 is 1.54 bits per heavy atom. The molecular formula is C24H24ClNO2. The molecule has 0 saturated carbocycles. The maximum absolute atomic E-state index is 12.1. The zero-order chi connectivity index (χ0) is 19.6. The van der Waals surface area contributed by atoms with Crippen LogP contribution in [0, 0.1) is 0 Å². The zero-order valence-corrected chi connectivity index (χ0v) is 16.4. The molecule has 3 aromatic rings. The number of likely N-dealkylation sites (tertiary alicyclic amines) is 1. The van der Waals surface area contributed by atoms with E-state index in [0.717, 1.165) is 36.1 Å². The van der Waals surface area contributed by atoms with E-state index in [1.165, 1.54) is 0 Å². The molecule has 4 heteroatoms. The predicted octanol–water partition coefficient (Wildman–Crippen LogP) is 4.95. The Morgan fingerprint density at radius 3 is 2.14 bits per heavy atom. The number of phenolic OH excluding ortho intramolecular Hbond substituents is 1. The van der Waals surface area contributed by atoms with E-state index >= 15 is 0 Å². The van der Waals surface area contributed by atoms with E-state index < -0.39 is 5.60 Å². The SMILES string of the molecule is Oc1ccc(Cl)cc1CN1CCC[C@@H]1C(O)(c1ccccc1)c1ccccc1. The van der Waals surface area contributed by atoms with Gasteiger partial charge >= 0.3 is 0 Å². The van der Waals surface area contributed by atoms with Crippen molar-refractivity contribution in [2.75, 3.05) is 6.54 Å². The molecule has 1 atom stereocenters. The van der Waals surface area contributed by atoms with E-state index in [2.05, 4.69) is 4.90 Å². The minimum absolute atomic E-state index is 0.101. The van der Waals surface area contributed by atoms with Crippen molar-refractivity contribution in [1.29, 1.82) is 0 Å². The van der Waals surface area contributed by atoms with Gasteiger partial charge in [-0.1, -0.05) is 72.3 Å². The first-order valence-electron chi connectivity index (χ1n) is 9.64. The number of halogens is 1. The molecule has 3 aromatic carbocycles. The standard InChI is InChI=1S/C24H24ClNO2/c25-21-13-14-22(27)18(16-21)17-26-15-7-12-23(26)24(28,19-8-3-1-4-9-19)20-10-5-2-6-11-20/h1-6,8-11,13-14,16,23,27-28H,7,12,15,17H2/t23-/m1/s1. The molecule has 0 aliphatic carbocycles. The van der Waals surface area contributed by atoms with Crippen molar-refractivity contribution in [1.82, 2.24) is 4.90 Å². The molecule has 1 saturated heterocycles. The number of hydrogen-bond acceptors (Lipinski definition) is 3. The van der Waals surface area contributed by atoms with Crippen LogP contribution in [-0.2, 0) is 12.1 Å². The first-order valence-corrected chi connectivity index (χ1v) is 10.0. The molecule has 144 valence electrons. The van der Waals surface area contributed by atoms with Gasteiger partial charge in [-0.25, -0.2) is 0 Å². The summed E-state index contributed by atoms with van der Waals surface area (Å²) in [6.45, 7) is 1.40. The van der Waals surface area contributed by atoms with Gasteiger partial charge in [-0.05, 0) is 48.7 Å². The summed E-state index contributed by atoms with van der Waals surface area (Å²) in [5, 5.41) is 23.0. The Kier molecular flexibility index (Phi) is 5.40.